The Morgan fingerprint density at radius 2 is 1.86 bits per heavy atom. The quantitative estimate of drug-likeness (QED) is 0.143. The lowest BCUT2D eigenvalue weighted by molar-refractivity contribution is -0.485. The standard InChI is InChI=1S/C22H23NO3.C9H10ClN5O2/c1-21(2)19(22(21,3)4)20(24)26-18(14-23)15-9-8-12-17(13-15)25-16-10-6-5-7-11-16;10-8-2-1-7(5-12-8)6-14-4-3-11-9(14)13-15(16)17/h5-13,18-19H,1-4H3;1-2,5H,3-4,6H2,(H,11,13). The van der Waals surface area contributed by atoms with Crippen molar-refractivity contribution in [2.45, 2.75) is 40.3 Å². The molecule has 0 radical (unpaired) electrons. The van der Waals surface area contributed by atoms with Crippen molar-refractivity contribution in [2.75, 3.05) is 13.1 Å². The molecule has 224 valence electrons. The first-order valence-corrected chi connectivity index (χ1v) is 14.1. The Kier molecular flexibility index (Phi) is 9.51. The lowest BCUT2D eigenvalue weighted by Crippen LogP contribution is -2.30. The van der Waals surface area contributed by atoms with E-state index in [9.17, 15) is 20.2 Å². The normalized spacial score (nSPS) is 18.0. The fourth-order valence-corrected chi connectivity index (χ4v) is 5.19. The van der Waals surface area contributed by atoms with Crippen LogP contribution in [0.25, 0.3) is 0 Å². The monoisotopic (exact) mass is 604 g/mol. The lowest BCUT2D eigenvalue weighted by atomic mass is 10.0. The highest BCUT2D eigenvalue weighted by Crippen LogP contribution is 2.68. The Labute approximate surface area is 255 Å². The Balaban J connectivity index is 0.000000215. The molecule has 1 N–H and O–H groups in total. The second-order valence-electron chi connectivity index (χ2n) is 11.3. The van der Waals surface area contributed by atoms with Gasteiger partial charge in [0.05, 0.1) is 5.92 Å². The molecule has 1 saturated carbocycles. The molecule has 2 aromatic carbocycles. The maximum absolute atomic E-state index is 12.6. The first-order valence-electron chi connectivity index (χ1n) is 13.7. The lowest BCUT2D eigenvalue weighted by Gasteiger charge is -2.14. The molecule has 2 fully saturated rings. The Hall–Kier alpha value is -4.69. The van der Waals surface area contributed by atoms with Crippen LogP contribution >= 0.6 is 11.6 Å². The highest BCUT2D eigenvalue weighted by Gasteiger charge is 2.69. The van der Waals surface area contributed by atoms with Gasteiger partial charge in [0.15, 0.2) is 5.03 Å². The number of benzene rings is 2. The molecule has 3 aromatic rings. The summed E-state index contributed by atoms with van der Waals surface area (Å²) in [5.74, 6) is 1.06. The third kappa shape index (κ3) is 7.59. The van der Waals surface area contributed by atoms with E-state index in [2.05, 4.69) is 49.2 Å². The van der Waals surface area contributed by atoms with E-state index in [-0.39, 0.29) is 28.7 Å². The summed E-state index contributed by atoms with van der Waals surface area (Å²) in [6.07, 6.45) is 0.693. The average Bonchev–Trinajstić information content (AvgIpc) is 3.19. The van der Waals surface area contributed by atoms with Gasteiger partial charge >= 0.3 is 5.97 Å². The van der Waals surface area contributed by atoms with Crippen molar-refractivity contribution < 1.29 is 19.3 Å². The largest absolute Gasteiger partial charge is 0.457 e. The number of carbonyl (C=O) groups excluding carboxylic acids is 1. The third-order valence-electron chi connectivity index (χ3n) is 8.05. The van der Waals surface area contributed by atoms with Gasteiger partial charge in [-0.25, -0.2) is 15.1 Å². The van der Waals surface area contributed by atoms with Crippen molar-refractivity contribution in [1.82, 2.24) is 15.2 Å². The summed E-state index contributed by atoms with van der Waals surface area (Å²) in [7, 11) is 0. The van der Waals surface area contributed by atoms with Crippen LogP contribution in [0.15, 0.2) is 78.0 Å². The van der Waals surface area contributed by atoms with Crippen molar-refractivity contribution in [3.05, 3.63) is 99.3 Å². The zero-order chi connectivity index (χ0) is 31.2. The van der Waals surface area contributed by atoms with Crippen molar-refractivity contribution >= 4 is 23.5 Å². The number of halogens is 1. The summed E-state index contributed by atoms with van der Waals surface area (Å²) in [6, 6.07) is 22.1. The SMILES string of the molecule is CC1(C)C(C(=O)OC(C#N)c2cccc(Oc3ccccc3)c2)C1(C)C.O=[N+]([O-])/N=C1\NCCN1Cc1ccc(Cl)nc1. The fourth-order valence-electron chi connectivity index (χ4n) is 5.08. The Bertz CT molecular complexity index is 1510. The van der Waals surface area contributed by atoms with Gasteiger partial charge in [-0.3, -0.25) is 4.79 Å². The van der Waals surface area contributed by atoms with Crippen molar-refractivity contribution in [3.63, 3.8) is 0 Å². The van der Waals surface area contributed by atoms with Gasteiger partial charge in [-0.15, -0.1) is 0 Å². The number of hydrazone groups is 1. The number of carbonyl (C=O) groups is 1. The topological polar surface area (TPSA) is 143 Å². The summed E-state index contributed by atoms with van der Waals surface area (Å²) in [5, 5.41) is 25.7. The summed E-state index contributed by atoms with van der Waals surface area (Å²) in [4.78, 5) is 28.6. The molecule has 43 heavy (non-hydrogen) atoms. The van der Waals surface area contributed by atoms with Crippen LogP contribution in [0.1, 0.15) is 44.9 Å². The summed E-state index contributed by atoms with van der Waals surface area (Å²) in [5.41, 5.74) is 1.28. The molecule has 12 heteroatoms. The molecule has 5 rings (SSSR count). The van der Waals surface area contributed by atoms with E-state index in [1.807, 2.05) is 36.4 Å². The number of guanidine groups is 1. The molecule has 1 aliphatic heterocycles. The molecular weight excluding hydrogens is 572 g/mol. The van der Waals surface area contributed by atoms with Crippen LogP contribution < -0.4 is 10.1 Å². The minimum atomic E-state index is -0.950. The molecule has 11 nitrogen and oxygen atoms in total. The molecule has 2 aliphatic rings. The second-order valence-corrected chi connectivity index (χ2v) is 11.7. The minimum absolute atomic E-state index is 0.123. The molecule has 1 unspecified atom stereocenters. The summed E-state index contributed by atoms with van der Waals surface area (Å²) < 4.78 is 11.3. The Morgan fingerprint density at radius 3 is 2.47 bits per heavy atom. The number of nitriles is 1. The number of nitrogens with zero attached hydrogens (tertiary/aromatic N) is 5. The van der Waals surface area contributed by atoms with E-state index in [1.165, 1.54) is 0 Å². The third-order valence-corrected chi connectivity index (χ3v) is 8.27. The highest BCUT2D eigenvalue weighted by atomic mass is 35.5. The molecule has 1 aliphatic carbocycles. The van der Waals surface area contributed by atoms with E-state index in [1.54, 1.807) is 41.4 Å². The molecule has 2 heterocycles. The number of hydrogen-bond donors (Lipinski definition) is 1. The smallest absolute Gasteiger partial charge is 0.311 e. The van der Waals surface area contributed by atoms with E-state index >= 15 is 0 Å². The van der Waals surface area contributed by atoms with Crippen LogP contribution in [-0.4, -0.2) is 39.9 Å². The van der Waals surface area contributed by atoms with Crippen LogP contribution in [0, 0.1) is 38.2 Å². The van der Waals surface area contributed by atoms with E-state index in [4.69, 9.17) is 21.1 Å². The van der Waals surface area contributed by atoms with Gasteiger partial charge in [-0.05, 0) is 46.7 Å². The number of aromatic nitrogens is 1. The number of nitro groups is 1. The van der Waals surface area contributed by atoms with Gasteiger partial charge < -0.3 is 19.7 Å². The fraction of sp³-hybridized carbons (Fsp3) is 0.355. The van der Waals surface area contributed by atoms with Crippen molar-refractivity contribution in [2.24, 2.45) is 21.8 Å². The van der Waals surface area contributed by atoms with Gasteiger partial charge in [0.2, 0.25) is 6.10 Å². The van der Waals surface area contributed by atoms with Gasteiger partial charge in [0.25, 0.3) is 5.96 Å². The molecule has 0 amide bonds. The molecule has 1 atom stereocenters. The van der Waals surface area contributed by atoms with E-state index < -0.39 is 11.1 Å². The second kappa shape index (κ2) is 13.1. The zero-order valence-corrected chi connectivity index (χ0v) is 25.1. The molecular formula is C31H33ClN6O5. The van der Waals surface area contributed by atoms with Crippen molar-refractivity contribution in [1.29, 1.82) is 5.26 Å². The van der Waals surface area contributed by atoms with Crippen LogP contribution in [0.3, 0.4) is 0 Å². The number of rotatable bonds is 8. The molecule has 0 spiro atoms. The maximum Gasteiger partial charge on any atom is 0.311 e. The minimum Gasteiger partial charge on any atom is -0.457 e. The van der Waals surface area contributed by atoms with E-state index in [0.717, 1.165) is 5.56 Å². The molecule has 1 saturated heterocycles. The number of para-hydroxylation sites is 1. The first-order chi connectivity index (χ1) is 20.4. The van der Waals surface area contributed by atoms with Crippen LogP contribution in [0.5, 0.6) is 11.5 Å². The van der Waals surface area contributed by atoms with Gasteiger partial charge in [-0.1, -0.05) is 75.7 Å². The molecule has 0 bridgehead atoms. The Morgan fingerprint density at radius 1 is 1.16 bits per heavy atom. The predicted octanol–water partition coefficient (Wildman–Crippen LogP) is 5.96. The number of esters is 1. The predicted molar refractivity (Wildman–Crippen MR) is 161 cm³/mol. The highest BCUT2D eigenvalue weighted by molar-refractivity contribution is 6.29. The summed E-state index contributed by atoms with van der Waals surface area (Å²) in [6.45, 7) is 10.0. The van der Waals surface area contributed by atoms with Gasteiger partial charge in [0.1, 0.15) is 27.8 Å². The van der Waals surface area contributed by atoms with Crippen molar-refractivity contribution in [3.8, 4) is 17.6 Å². The zero-order valence-electron chi connectivity index (χ0n) is 24.4. The van der Waals surface area contributed by atoms with Crippen LogP contribution in [0.2, 0.25) is 5.15 Å². The number of hydrogen-bond acceptors (Lipinski definition) is 7. The average molecular weight is 605 g/mol. The van der Waals surface area contributed by atoms with E-state index in [0.29, 0.717) is 41.8 Å². The summed E-state index contributed by atoms with van der Waals surface area (Å²) >= 11 is 5.68. The first kappa shape index (κ1) is 31.3. The van der Waals surface area contributed by atoms with Gasteiger partial charge in [0, 0.05) is 31.4 Å². The maximum atomic E-state index is 12.6. The molecule has 1 aromatic heterocycles. The number of nitrogens with one attached hydrogen (secondary N) is 1. The number of pyridine rings is 1. The number of ether oxygens (including phenoxy) is 2. The van der Waals surface area contributed by atoms with Crippen LogP contribution in [-0.2, 0) is 16.1 Å². The van der Waals surface area contributed by atoms with Crippen LogP contribution in [0.4, 0.5) is 0 Å². The van der Waals surface area contributed by atoms with Gasteiger partial charge in [-0.2, -0.15) is 5.26 Å².